The molecule has 2 aromatic carbocycles. The number of hydrogen-bond acceptors (Lipinski definition) is 5. The third-order valence-corrected chi connectivity index (χ3v) is 6.06. The lowest BCUT2D eigenvalue weighted by Gasteiger charge is -2.13. The van der Waals surface area contributed by atoms with Crippen LogP contribution in [0.25, 0.3) is 16.9 Å². The van der Waals surface area contributed by atoms with Crippen molar-refractivity contribution in [2.24, 2.45) is 5.92 Å². The number of aliphatic carboxylic acids is 1. The van der Waals surface area contributed by atoms with Crippen molar-refractivity contribution >= 4 is 29.2 Å². The summed E-state index contributed by atoms with van der Waals surface area (Å²) in [5.74, 6) is -2.02. The maximum absolute atomic E-state index is 13.5. The number of hydrogen-bond donors (Lipinski definition) is 2. The molecule has 2 heterocycles. The lowest BCUT2D eigenvalue weighted by Crippen LogP contribution is -2.10. The molecule has 12 heteroatoms. The lowest BCUT2D eigenvalue weighted by molar-refractivity contribution is -0.141. The van der Waals surface area contributed by atoms with Crippen LogP contribution in [0.5, 0.6) is 0 Å². The van der Waals surface area contributed by atoms with Crippen molar-refractivity contribution in [2.75, 3.05) is 5.32 Å². The van der Waals surface area contributed by atoms with Crippen LogP contribution in [0.2, 0.25) is 5.02 Å². The first-order valence-electron chi connectivity index (χ1n) is 10.7. The van der Waals surface area contributed by atoms with E-state index in [1.807, 2.05) is 6.07 Å². The van der Waals surface area contributed by atoms with E-state index in [1.165, 1.54) is 18.3 Å². The highest BCUT2D eigenvalue weighted by atomic mass is 35.5. The van der Waals surface area contributed by atoms with Gasteiger partial charge in [-0.2, -0.15) is 23.3 Å². The number of rotatable bonds is 6. The van der Waals surface area contributed by atoms with Gasteiger partial charge in [-0.05, 0) is 47.7 Å². The predicted molar refractivity (Wildman–Crippen MR) is 123 cm³/mol. The molecule has 2 atom stereocenters. The van der Waals surface area contributed by atoms with E-state index in [-0.39, 0.29) is 22.7 Å². The predicted octanol–water partition coefficient (Wildman–Crippen LogP) is 6.07. The van der Waals surface area contributed by atoms with Crippen molar-refractivity contribution in [3.63, 3.8) is 0 Å². The minimum Gasteiger partial charge on any atom is -0.481 e. The van der Waals surface area contributed by atoms with E-state index in [4.69, 9.17) is 11.6 Å². The standard InChI is InChI=1S/C24H16ClF4N5O2/c25-18-9-14(4-5-19(18)26)31-23-30-11-17(21(32-23)34-7-6-20(33-34)24(27,28)29)13-3-1-2-12(8-13)15-10-16(15)22(35)36/h1-9,11,15-16H,10H2,(H,35,36)(H,30,31,32)/t15-,16-/m0/s1. The van der Waals surface area contributed by atoms with E-state index in [1.54, 1.807) is 18.2 Å². The van der Waals surface area contributed by atoms with E-state index in [2.05, 4.69) is 20.4 Å². The fraction of sp³-hybridized carbons (Fsp3) is 0.167. The average molecular weight is 518 g/mol. The number of alkyl halides is 3. The maximum atomic E-state index is 13.5. The number of halogens is 5. The molecule has 1 aliphatic carbocycles. The largest absolute Gasteiger partial charge is 0.481 e. The van der Waals surface area contributed by atoms with E-state index in [0.29, 0.717) is 23.2 Å². The third-order valence-electron chi connectivity index (χ3n) is 5.77. The van der Waals surface area contributed by atoms with Crippen molar-refractivity contribution in [3.8, 4) is 16.9 Å². The van der Waals surface area contributed by atoms with Gasteiger partial charge in [-0.15, -0.1) is 0 Å². The summed E-state index contributed by atoms with van der Waals surface area (Å²) >= 11 is 5.82. The fourth-order valence-electron chi connectivity index (χ4n) is 3.88. The molecule has 2 aromatic heterocycles. The van der Waals surface area contributed by atoms with Crippen LogP contribution < -0.4 is 5.32 Å². The van der Waals surface area contributed by atoms with Crippen molar-refractivity contribution < 1.29 is 27.5 Å². The minimum absolute atomic E-state index is 0.0183. The van der Waals surface area contributed by atoms with Gasteiger partial charge in [0.15, 0.2) is 11.5 Å². The molecule has 5 rings (SSSR count). The number of carbonyl (C=O) groups is 1. The highest BCUT2D eigenvalue weighted by molar-refractivity contribution is 6.31. The smallest absolute Gasteiger partial charge is 0.435 e. The van der Waals surface area contributed by atoms with Crippen molar-refractivity contribution in [1.29, 1.82) is 0 Å². The van der Waals surface area contributed by atoms with Gasteiger partial charge in [0.05, 0.1) is 10.9 Å². The first kappa shape index (κ1) is 23.7. The van der Waals surface area contributed by atoms with E-state index in [9.17, 15) is 27.5 Å². The van der Waals surface area contributed by atoms with E-state index < -0.39 is 29.6 Å². The van der Waals surface area contributed by atoms with Crippen LogP contribution in [0.4, 0.5) is 29.2 Å². The van der Waals surface area contributed by atoms with Gasteiger partial charge in [0.2, 0.25) is 5.95 Å². The van der Waals surface area contributed by atoms with Gasteiger partial charge in [0, 0.05) is 23.6 Å². The van der Waals surface area contributed by atoms with Gasteiger partial charge >= 0.3 is 12.1 Å². The molecule has 0 radical (unpaired) electrons. The highest BCUT2D eigenvalue weighted by Gasteiger charge is 2.44. The Balaban J connectivity index is 1.56. The second-order valence-corrected chi connectivity index (χ2v) is 8.65. The zero-order chi connectivity index (χ0) is 25.6. The van der Waals surface area contributed by atoms with Gasteiger partial charge in [-0.1, -0.05) is 35.9 Å². The topological polar surface area (TPSA) is 92.9 Å². The molecule has 0 aliphatic heterocycles. The molecule has 1 fully saturated rings. The van der Waals surface area contributed by atoms with Crippen LogP contribution in [-0.2, 0) is 11.0 Å². The molecule has 0 unspecified atom stereocenters. The van der Waals surface area contributed by atoms with Crippen molar-refractivity contribution in [1.82, 2.24) is 19.7 Å². The molecule has 0 amide bonds. The van der Waals surface area contributed by atoms with Crippen LogP contribution >= 0.6 is 11.6 Å². The normalized spacial score (nSPS) is 17.1. The number of aromatic nitrogens is 4. The summed E-state index contributed by atoms with van der Waals surface area (Å²) in [6.07, 6.45) is -1.58. The number of anilines is 2. The average Bonchev–Trinajstić information content (AvgIpc) is 3.49. The summed E-state index contributed by atoms with van der Waals surface area (Å²) in [7, 11) is 0. The monoisotopic (exact) mass is 517 g/mol. The number of nitrogens with zero attached hydrogens (tertiary/aromatic N) is 4. The van der Waals surface area contributed by atoms with Gasteiger partial charge in [-0.25, -0.2) is 14.1 Å². The first-order chi connectivity index (χ1) is 17.1. The second-order valence-electron chi connectivity index (χ2n) is 8.24. The number of carboxylic acid groups (broad SMARTS) is 1. The summed E-state index contributed by atoms with van der Waals surface area (Å²) < 4.78 is 54.1. The van der Waals surface area contributed by atoms with E-state index in [0.717, 1.165) is 28.6 Å². The molecule has 0 bridgehead atoms. The quantitative estimate of drug-likeness (QED) is 0.301. The number of nitrogens with one attached hydrogen (secondary N) is 1. The number of benzene rings is 2. The summed E-state index contributed by atoms with van der Waals surface area (Å²) in [5, 5.41) is 15.6. The molecule has 0 spiro atoms. The van der Waals surface area contributed by atoms with Crippen LogP contribution in [-0.4, -0.2) is 30.8 Å². The van der Waals surface area contributed by atoms with Crippen molar-refractivity contribution in [2.45, 2.75) is 18.5 Å². The SMILES string of the molecule is O=C(O)[C@H]1C[C@H]1c1cccc(-c2cnc(Nc3ccc(F)c(Cl)c3)nc2-n2ccc(C(F)(F)F)n2)c1. The molecule has 7 nitrogen and oxygen atoms in total. The molecule has 184 valence electrons. The maximum Gasteiger partial charge on any atom is 0.435 e. The Morgan fingerprint density at radius 1 is 1.17 bits per heavy atom. The Morgan fingerprint density at radius 2 is 1.97 bits per heavy atom. The molecule has 36 heavy (non-hydrogen) atoms. The van der Waals surface area contributed by atoms with Gasteiger partial charge in [-0.3, -0.25) is 4.79 Å². The lowest BCUT2D eigenvalue weighted by atomic mass is 10.0. The number of carboxylic acids is 1. The van der Waals surface area contributed by atoms with Crippen LogP contribution in [0.3, 0.4) is 0 Å². The molecule has 1 aliphatic rings. The zero-order valence-electron chi connectivity index (χ0n) is 18.2. The Morgan fingerprint density at radius 3 is 2.64 bits per heavy atom. The summed E-state index contributed by atoms with van der Waals surface area (Å²) in [4.78, 5) is 19.9. The minimum atomic E-state index is -4.65. The van der Waals surface area contributed by atoms with Crippen LogP contribution in [0, 0.1) is 11.7 Å². The Kier molecular flexibility index (Phi) is 5.87. The Bertz CT molecular complexity index is 1470. The van der Waals surface area contributed by atoms with E-state index >= 15 is 0 Å². The zero-order valence-corrected chi connectivity index (χ0v) is 18.9. The molecule has 2 N–H and O–H groups in total. The molecule has 0 saturated heterocycles. The van der Waals surface area contributed by atoms with Crippen LogP contribution in [0.1, 0.15) is 23.6 Å². The third kappa shape index (κ3) is 4.74. The summed E-state index contributed by atoms with van der Waals surface area (Å²) in [6.45, 7) is 0. The van der Waals surface area contributed by atoms with Crippen molar-refractivity contribution in [3.05, 3.63) is 83.0 Å². The highest BCUT2D eigenvalue weighted by Crippen LogP contribution is 2.48. The molecular formula is C24H16ClF4N5O2. The second kappa shape index (κ2) is 8.90. The molecule has 1 saturated carbocycles. The first-order valence-corrected chi connectivity index (χ1v) is 11.0. The van der Waals surface area contributed by atoms with Crippen LogP contribution in [0.15, 0.2) is 60.9 Å². The molecular weight excluding hydrogens is 502 g/mol. The summed E-state index contributed by atoms with van der Waals surface area (Å²) in [5.41, 5.74) is 1.03. The molecule has 4 aromatic rings. The Hall–Kier alpha value is -3.99. The van der Waals surface area contributed by atoms with Gasteiger partial charge in [0.1, 0.15) is 5.82 Å². The fourth-order valence-corrected chi connectivity index (χ4v) is 4.06. The summed E-state index contributed by atoms with van der Waals surface area (Å²) in [6, 6.07) is 11.8. The van der Waals surface area contributed by atoms with Gasteiger partial charge in [0.25, 0.3) is 0 Å². The van der Waals surface area contributed by atoms with Gasteiger partial charge < -0.3 is 10.4 Å². The Labute approximate surface area is 206 Å².